The Morgan fingerprint density at radius 3 is 1.96 bits per heavy atom. The molecule has 1 fully saturated rings. The number of hydrogen-bond acceptors (Lipinski definition) is 8. The lowest BCUT2D eigenvalue weighted by Crippen LogP contribution is -2.47. The van der Waals surface area contributed by atoms with Crippen LogP contribution in [0.5, 0.6) is 0 Å². The molecule has 2 aromatic rings. The Labute approximate surface area is 160 Å². The number of non-ortho nitro benzene ring substituents is 2. The molecule has 1 heterocycles. The number of carbonyl (C=O) groups excluding carboxylic acids is 1. The topological polar surface area (TPSA) is 119 Å². The smallest absolute Gasteiger partial charge is 0.340 e. The van der Waals surface area contributed by atoms with E-state index in [-0.39, 0.29) is 16.9 Å². The summed E-state index contributed by atoms with van der Waals surface area (Å²) in [6.45, 7) is 2.43. The van der Waals surface area contributed by atoms with Crippen molar-refractivity contribution in [1.82, 2.24) is 0 Å². The second-order valence-electron chi connectivity index (χ2n) is 6.20. The standard InChI is InChI=1S/C18H18N4O6/c1-28-18(23)16-12-15(22(26)27)6-7-17(16)20-10-8-19(9-11-20)13-2-4-14(5-3-13)21(24)25/h2-7,12H,8-11H2,1H3. The van der Waals surface area contributed by atoms with Crippen molar-refractivity contribution < 1.29 is 19.4 Å². The highest BCUT2D eigenvalue weighted by atomic mass is 16.6. The summed E-state index contributed by atoms with van der Waals surface area (Å²) in [5.41, 5.74) is 1.48. The Kier molecular flexibility index (Phi) is 5.39. The minimum absolute atomic E-state index is 0.0379. The van der Waals surface area contributed by atoms with E-state index in [0.29, 0.717) is 31.9 Å². The molecule has 0 aliphatic carbocycles. The van der Waals surface area contributed by atoms with Crippen molar-refractivity contribution in [2.45, 2.75) is 0 Å². The molecule has 3 rings (SSSR count). The molecule has 0 atom stereocenters. The minimum atomic E-state index is -0.628. The second-order valence-corrected chi connectivity index (χ2v) is 6.20. The van der Waals surface area contributed by atoms with Crippen LogP contribution in [0.2, 0.25) is 0 Å². The highest BCUT2D eigenvalue weighted by Crippen LogP contribution is 2.28. The highest BCUT2D eigenvalue weighted by molar-refractivity contribution is 5.96. The first-order valence-corrected chi connectivity index (χ1v) is 8.52. The maximum absolute atomic E-state index is 12.1. The molecular formula is C18H18N4O6. The van der Waals surface area contributed by atoms with Gasteiger partial charge < -0.3 is 14.5 Å². The van der Waals surface area contributed by atoms with Gasteiger partial charge in [0, 0.05) is 56.1 Å². The van der Waals surface area contributed by atoms with Crippen LogP contribution >= 0.6 is 0 Å². The van der Waals surface area contributed by atoms with E-state index in [4.69, 9.17) is 4.74 Å². The quantitative estimate of drug-likeness (QED) is 0.437. The van der Waals surface area contributed by atoms with Crippen molar-refractivity contribution in [2.75, 3.05) is 43.1 Å². The summed E-state index contributed by atoms with van der Waals surface area (Å²) in [5.74, 6) is -0.628. The van der Waals surface area contributed by atoms with Crippen molar-refractivity contribution in [3.63, 3.8) is 0 Å². The average molecular weight is 386 g/mol. The van der Waals surface area contributed by atoms with Crippen molar-refractivity contribution in [2.24, 2.45) is 0 Å². The predicted molar refractivity (Wildman–Crippen MR) is 102 cm³/mol. The third kappa shape index (κ3) is 3.85. The lowest BCUT2D eigenvalue weighted by atomic mass is 10.1. The van der Waals surface area contributed by atoms with E-state index in [2.05, 4.69) is 4.90 Å². The van der Waals surface area contributed by atoms with E-state index >= 15 is 0 Å². The van der Waals surface area contributed by atoms with Gasteiger partial charge in [0.1, 0.15) is 0 Å². The molecule has 28 heavy (non-hydrogen) atoms. The van der Waals surface area contributed by atoms with Gasteiger partial charge in [0.05, 0.1) is 28.2 Å². The van der Waals surface area contributed by atoms with Gasteiger partial charge in [0.2, 0.25) is 0 Å². The number of rotatable bonds is 5. The molecular weight excluding hydrogens is 368 g/mol. The number of ether oxygens (including phenoxy) is 1. The predicted octanol–water partition coefficient (Wildman–Crippen LogP) is 2.62. The van der Waals surface area contributed by atoms with Gasteiger partial charge in [-0.25, -0.2) is 4.79 Å². The van der Waals surface area contributed by atoms with Gasteiger partial charge in [-0.1, -0.05) is 0 Å². The van der Waals surface area contributed by atoms with Gasteiger partial charge in [-0.3, -0.25) is 20.2 Å². The maximum Gasteiger partial charge on any atom is 0.340 e. The van der Waals surface area contributed by atoms with Crippen LogP contribution in [0.4, 0.5) is 22.7 Å². The van der Waals surface area contributed by atoms with E-state index in [1.54, 1.807) is 18.2 Å². The zero-order valence-electron chi connectivity index (χ0n) is 15.1. The largest absolute Gasteiger partial charge is 0.465 e. The zero-order valence-corrected chi connectivity index (χ0v) is 15.1. The normalized spacial score (nSPS) is 13.9. The minimum Gasteiger partial charge on any atom is -0.465 e. The van der Waals surface area contributed by atoms with Crippen LogP contribution in [0.15, 0.2) is 42.5 Å². The third-order valence-corrected chi connectivity index (χ3v) is 4.64. The molecule has 0 aromatic heterocycles. The molecule has 2 aromatic carbocycles. The summed E-state index contributed by atoms with van der Waals surface area (Å²) in [7, 11) is 1.23. The van der Waals surface area contributed by atoms with Crippen LogP contribution in [0.25, 0.3) is 0 Å². The van der Waals surface area contributed by atoms with Crippen molar-refractivity contribution in [3.8, 4) is 0 Å². The number of benzene rings is 2. The SMILES string of the molecule is COC(=O)c1cc([N+](=O)[O-])ccc1N1CCN(c2ccc([N+](=O)[O-])cc2)CC1. The van der Waals surface area contributed by atoms with Gasteiger partial charge in [-0.05, 0) is 18.2 Å². The Morgan fingerprint density at radius 2 is 1.43 bits per heavy atom. The fraction of sp³-hybridized carbons (Fsp3) is 0.278. The second kappa shape index (κ2) is 7.91. The zero-order chi connectivity index (χ0) is 20.3. The van der Waals surface area contributed by atoms with Gasteiger partial charge in [-0.2, -0.15) is 0 Å². The van der Waals surface area contributed by atoms with E-state index in [0.717, 1.165) is 5.69 Å². The van der Waals surface area contributed by atoms with Crippen LogP contribution in [-0.4, -0.2) is 49.1 Å². The van der Waals surface area contributed by atoms with Crippen LogP contribution in [-0.2, 0) is 4.74 Å². The first-order chi connectivity index (χ1) is 13.4. The van der Waals surface area contributed by atoms with E-state index in [1.165, 1.54) is 31.4 Å². The molecule has 1 aliphatic heterocycles. The first kappa shape index (κ1) is 19.1. The van der Waals surface area contributed by atoms with Crippen LogP contribution in [0.3, 0.4) is 0 Å². The monoisotopic (exact) mass is 386 g/mol. The highest BCUT2D eigenvalue weighted by Gasteiger charge is 2.24. The number of nitro groups is 2. The Bertz CT molecular complexity index is 907. The first-order valence-electron chi connectivity index (χ1n) is 8.52. The average Bonchev–Trinajstić information content (AvgIpc) is 2.73. The number of nitrogens with zero attached hydrogens (tertiary/aromatic N) is 4. The summed E-state index contributed by atoms with van der Waals surface area (Å²) in [5, 5.41) is 21.8. The molecule has 0 unspecified atom stereocenters. The van der Waals surface area contributed by atoms with Crippen LogP contribution < -0.4 is 9.80 Å². The van der Waals surface area contributed by atoms with E-state index in [9.17, 15) is 25.0 Å². The molecule has 10 heteroatoms. The molecule has 10 nitrogen and oxygen atoms in total. The van der Waals surface area contributed by atoms with E-state index in [1.807, 2.05) is 4.90 Å². The summed E-state index contributed by atoms with van der Waals surface area (Å²) < 4.78 is 4.77. The summed E-state index contributed by atoms with van der Waals surface area (Å²) >= 11 is 0. The number of anilines is 2. The van der Waals surface area contributed by atoms with Crippen molar-refractivity contribution in [1.29, 1.82) is 0 Å². The summed E-state index contributed by atoms with van der Waals surface area (Å²) in [4.78, 5) is 36.9. The third-order valence-electron chi connectivity index (χ3n) is 4.64. The summed E-state index contributed by atoms with van der Waals surface area (Å²) in [6, 6.07) is 10.5. The number of methoxy groups -OCH3 is 1. The Hall–Kier alpha value is -3.69. The number of piperazine rings is 1. The molecule has 0 bridgehead atoms. The van der Waals surface area contributed by atoms with Gasteiger partial charge >= 0.3 is 5.97 Å². The fourth-order valence-electron chi connectivity index (χ4n) is 3.18. The Morgan fingerprint density at radius 1 is 0.893 bits per heavy atom. The Balaban J connectivity index is 1.76. The lowest BCUT2D eigenvalue weighted by Gasteiger charge is -2.37. The molecule has 0 spiro atoms. The van der Waals surface area contributed by atoms with Crippen molar-refractivity contribution >= 4 is 28.7 Å². The number of nitro benzene ring substituents is 2. The number of carbonyl (C=O) groups is 1. The van der Waals surface area contributed by atoms with Gasteiger partial charge in [-0.15, -0.1) is 0 Å². The van der Waals surface area contributed by atoms with E-state index < -0.39 is 15.8 Å². The molecule has 1 saturated heterocycles. The molecule has 1 aliphatic rings. The molecule has 0 amide bonds. The van der Waals surface area contributed by atoms with Crippen LogP contribution in [0.1, 0.15) is 10.4 Å². The molecule has 146 valence electrons. The van der Waals surface area contributed by atoms with Gasteiger partial charge in [0.25, 0.3) is 11.4 Å². The number of hydrogen-bond donors (Lipinski definition) is 0. The number of esters is 1. The summed E-state index contributed by atoms with van der Waals surface area (Å²) in [6.07, 6.45) is 0. The maximum atomic E-state index is 12.1. The lowest BCUT2D eigenvalue weighted by molar-refractivity contribution is -0.385. The molecule has 0 radical (unpaired) electrons. The van der Waals surface area contributed by atoms with Gasteiger partial charge in [0.15, 0.2) is 0 Å². The van der Waals surface area contributed by atoms with Crippen molar-refractivity contribution in [3.05, 3.63) is 68.3 Å². The van der Waals surface area contributed by atoms with Crippen LogP contribution in [0, 0.1) is 20.2 Å². The molecule has 0 N–H and O–H groups in total. The molecule has 0 saturated carbocycles. The fourth-order valence-corrected chi connectivity index (χ4v) is 3.18.